The number of nitrogens with one attached hydrogen (secondary N) is 1. The molecule has 0 aliphatic heterocycles. The molecule has 1 amide bonds. The van der Waals surface area contributed by atoms with E-state index in [1.807, 2.05) is 0 Å². The van der Waals surface area contributed by atoms with Crippen molar-refractivity contribution < 1.29 is 13.2 Å². The number of sulfone groups is 1. The summed E-state index contributed by atoms with van der Waals surface area (Å²) >= 11 is 5.78. The molecule has 0 aliphatic carbocycles. The van der Waals surface area contributed by atoms with E-state index in [1.54, 1.807) is 42.5 Å². The average molecular weight is 404 g/mol. The van der Waals surface area contributed by atoms with Gasteiger partial charge in [0.1, 0.15) is 6.54 Å². The number of hydrogen-bond acceptors (Lipinski definition) is 5. The Morgan fingerprint density at radius 2 is 1.67 bits per heavy atom. The number of benzene rings is 2. The maximum absolute atomic E-state index is 12.6. The average Bonchev–Trinajstić information content (AvgIpc) is 2.66. The summed E-state index contributed by atoms with van der Waals surface area (Å²) in [6, 6.07) is 16.3. The highest BCUT2D eigenvalue weighted by atomic mass is 35.5. The second-order valence-electron chi connectivity index (χ2n) is 5.54. The van der Waals surface area contributed by atoms with Crippen molar-refractivity contribution in [3.8, 4) is 0 Å². The molecule has 0 saturated heterocycles. The van der Waals surface area contributed by atoms with Crippen LogP contribution >= 0.6 is 11.6 Å². The first-order valence-electron chi connectivity index (χ1n) is 7.80. The highest BCUT2D eigenvalue weighted by molar-refractivity contribution is 7.91. The molecule has 27 heavy (non-hydrogen) atoms. The van der Waals surface area contributed by atoms with Gasteiger partial charge in [0.2, 0.25) is 15.7 Å². The summed E-state index contributed by atoms with van der Waals surface area (Å²) < 4.78 is 26.0. The lowest BCUT2D eigenvalue weighted by molar-refractivity contribution is -0.117. The van der Waals surface area contributed by atoms with Gasteiger partial charge in [-0.05, 0) is 42.5 Å². The Labute approximate surface area is 160 Å². The number of anilines is 1. The second kappa shape index (κ2) is 7.73. The Morgan fingerprint density at radius 1 is 1.00 bits per heavy atom. The Morgan fingerprint density at radius 3 is 2.33 bits per heavy atom. The first-order valence-corrected chi connectivity index (χ1v) is 9.66. The summed E-state index contributed by atoms with van der Waals surface area (Å²) in [5.41, 5.74) is -0.0984. The van der Waals surface area contributed by atoms with Gasteiger partial charge in [0, 0.05) is 16.8 Å². The van der Waals surface area contributed by atoms with Crippen LogP contribution < -0.4 is 10.9 Å². The molecular weight excluding hydrogens is 390 g/mol. The zero-order valence-electron chi connectivity index (χ0n) is 13.9. The van der Waals surface area contributed by atoms with E-state index in [-0.39, 0.29) is 9.92 Å². The van der Waals surface area contributed by atoms with Crippen LogP contribution in [0.3, 0.4) is 0 Å². The lowest BCUT2D eigenvalue weighted by Gasteiger charge is -2.09. The van der Waals surface area contributed by atoms with Gasteiger partial charge < -0.3 is 5.32 Å². The van der Waals surface area contributed by atoms with E-state index in [9.17, 15) is 18.0 Å². The molecule has 138 valence electrons. The molecule has 0 bridgehead atoms. The SMILES string of the molecule is O=C(Cn1nc(S(=O)(=O)c2ccccc2)ccc1=O)Nc1ccc(Cl)cc1. The van der Waals surface area contributed by atoms with Crippen molar-refractivity contribution in [1.29, 1.82) is 0 Å². The third-order valence-corrected chi connectivity index (χ3v) is 5.51. The van der Waals surface area contributed by atoms with Gasteiger partial charge in [-0.15, -0.1) is 0 Å². The van der Waals surface area contributed by atoms with Crippen molar-refractivity contribution >= 4 is 33.0 Å². The maximum Gasteiger partial charge on any atom is 0.267 e. The zero-order valence-corrected chi connectivity index (χ0v) is 15.4. The van der Waals surface area contributed by atoms with Crippen LogP contribution in [-0.2, 0) is 21.2 Å². The van der Waals surface area contributed by atoms with Crippen LogP contribution in [0.4, 0.5) is 5.69 Å². The molecule has 1 heterocycles. The lowest BCUT2D eigenvalue weighted by Crippen LogP contribution is -2.30. The van der Waals surface area contributed by atoms with Gasteiger partial charge in [0.15, 0.2) is 5.03 Å². The third kappa shape index (κ3) is 4.42. The van der Waals surface area contributed by atoms with E-state index in [2.05, 4.69) is 10.4 Å². The molecule has 1 aromatic heterocycles. The predicted molar refractivity (Wildman–Crippen MR) is 100 cm³/mol. The molecular formula is C18H14ClN3O4S. The minimum absolute atomic E-state index is 0.0494. The van der Waals surface area contributed by atoms with Crippen LogP contribution in [0.2, 0.25) is 5.02 Å². The van der Waals surface area contributed by atoms with Crippen LogP contribution in [-0.4, -0.2) is 24.1 Å². The third-order valence-electron chi connectivity index (χ3n) is 3.59. The van der Waals surface area contributed by atoms with Crippen LogP contribution in [0.25, 0.3) is 0 Å². The first kappa shape index (κ1) is 18.8. The molecule has 0 saturated carbocycles. The Hall–Kier alpha value is -2.97. The molecule has 0 atom stereocenters. The summed E-state index contributed by atoms with van der Waals surface area (Å²) in [5.74, 6) is -0.527. The largest absolute Gasteiger partial charge is 0.324 e. The van der Waals surface area contributed by atoms with Crippen molar-refractivity contribution in [3.05, 3.63) is 82.1 Å². The van der Waals surface area contributed by atoms with Crippen LogP contribution in [0.15, 0.2) is 81.4 Å². The molecule has 7 nitrogen and oxygen atoms in total. The van der Waals surface area contributed by atoms with Gasteiger partial charge in [0.05, 0.1) is 4.90 Å². The standard InChI is InChI=1S/C18H14ClN3O4S/c19-13-6-8-14(9-7-13)20-16(23)12-22-18(24)11-10-17(21-22)27(25,26)15-4-2-1-3-5-15/h1-11H,12H2,(H,20,23). The van der Waals surface area contributed by atoms with Crippen molar-refractivity contribution in [1.82, 2.24) is 9.78 Å². The van der Waals surface area contributed by atoms with Crippen molar-refractivity contribution in [2.24, 2.45) is 0 Å². The number of rotatable bonds is 5. The summed E-state index contributed by atoms with van der Waals surface area (Å²) in [6.45, 7) is -0.431. The van der Waals surface area contributed by atoms with E-state index in [0.717, 1.165) is 16.8 Å². The molecule has 1 N–H and O–H groups in total. The normalized spacial score (nSPS) is 11.1. The number of hydrogen-bond donors (Lipinski definition) is 1. The first-order chi connectivity index (χ1) is 12.9. The van der Waals surface area contributed by atoms with E-state index < -0.39 is 27.8 Å². The molecule has 0 aliphatic rings. The number of carbonyl (C=O) groups excluding carboxylic acids is 1. The summed E-state index contributed by atoms with van der Waals surface area (Å²) in [6.07, 6.45) is 0. The highest BCUT2D eigenvalue weighted by Crippen LogP contribution is 2.17. The lowest BCUT2D eigenvalue weighted by atomic mass is 10.3. The minimum atomic E-state index is -3.89. The smallest absolute Gasteiger partial charge is 0.267 e. The number of halogens is 1. The number of nitrogens with zero attached hydrogens (tertiary/aromatic N) is 2. The van der Waals surface area contributed by atoms with Gasteiger partial charge in [-0.25, -0.2) is 13.1 Å². The number of aromatic nitrogens is 2. The quantitative estimate of drug-likeness (QED) is 0.705. The summed E-state index contributed by atoms with van der Waals surface area (Å²) in [4.78, 5) is 24.2. The molecule has 0 unspecified atom stereocenters. The monoisotopic (exact) mass is 403 g/mol. The van der Waals surface area contributed by atoms with E-state index in [1.165, 1.54) is 12.1 Å². The van der Waals surface area contributed by atoms with Crippen molar-refractivity contribution in [3.63, 3.8) is 0 Å². The van der Waals surface area contributed by atoms with Gasteiger partial charge in [-0.1, -0.05) is 29.8 Å². The molecule has 0 fully saturated rings. The fourth-order valence-electron chi connectivity index (χ4n) is 2.28. The molecule has 2 aromatic carbocycles. The van der Waals surface area contributed by atoms with Crippen molar-refractivity contribution in [2.45, 2.75) is 16.5 Å². The van der Waals surface area contributed by atoms with Gasteiger partial charge in [-0.2, -0.15) is 5.10 Å². The Bertz CT molecular complexity index is 1130. The fraction of sp³-hybridized carbons (Fsp3) is 0.0556. The fourth-order valence-corrected chi connectivity index (χ4v) is 3.61. The number of carbonyl (C=O) groups is 1. The van der Waals surface area contributed by atoms with Gasteiger partial charge >= 0.3 is 0 Å². The van der Waals surface area contributed by atoms with E-state index in [0.29, 0.717) is 10.7 Å². The number of amides is 1. The topological polar surface area (TPSA) is 98.1 Å². The predicted octanol–water partition coefficient (Wildman–Crippen LogP) is 2.37. The molecule has 3 rings (SSSR count). The summed E-state index contributed by atoms with van der Waals surface area (Å²) in [7, 11) is -3.89. The summed E-state index contributed by atoms with van der Waals surface area (Å²) in [5, 5.41) is 6.64. The molecule has 9 heteroatoms. The van der Waals surface area contributed by atoms with Crippen LogP contribution in [0.1, 0.15) is 0 Å². The van der Waals surface area contributed by atoms with Crippen LogP contribution in [0, 0.1) is 0 Å². The Kier molecular flexibility index (Phi) is 5.38. The van der Waals surface area contributed by atoms with E-state index >= 15 is 0 Å². The Balaban J connectivity index is 1.84. The molecule has 0 spiro atoms. The van der Waals surface area contributed by atoms with Gasteiger partial charge in [0.25, 0.3) is 5.56 Å². The minimum Gasteiger partial charge on any atom is -0.324 e. The van der Waals surface area contributed by atoms with Gasteiger partial charge in [-0.3, -0.25) is 9.59 Å². The second-order valence-corrected chi connectivity index (χ2v) is 7.87. The van der Waals surface area contributed by atoms with Crippen LogP contribution in [0.5, 0.6) is 0 Å². The van der Waals surface area contributed by atoms with Crippen molar-refractivity contribution in [2.75, 3.05) is 5.32 Å². The molecule has 3 aromatic rings. The zero-order chi connectivity index (χ0) is 19.4. The molecule has 0 radical (unpaired) electrons. The highest BCUT2D eigenvalue weighted by Gasteiger charge is 2.20. The maximum atomic E-state index is 12.6. The van der Waals surface area contributed by atoms with E-state index in [4.69, 9.17) is 11.6 Å².